The molecule has 0 amide bonds. The van der Waals surface area contributed by atoms with Crippen LogP contribution in [-0.4, -0.2) is 11.2 Å². The molecule has 110 valence electrons. The maximum Gasteiger partial charge on any atom is 0.0599 e. The highest BCUT2D eigenvalue weighted by atomic mass is 16.3. The van der Waals surface area contributed by atoms with E-state index in [0.717, 1.165) is 18.3 Å². The van der Waals surface area contributed by atoms with Crippen LogP contribution in [-0.2, 0) is 0 Å². The summed E-state index contributed by atoms with van der Waals surface area (Å²) in [6.07, 6.45) is 11.9. The van der Waals surface area contributed by atoms with Gasteiger partial charge in [-0.25, -0.2) is 0 Å². The fourth-order valence-electron chi connectivity index (χ4n) is 6.43. The van der Waals surface area contributed by atoms with E-state index in [-0.39, 0.29) is 6.10 Å². The molecule has 4 saturated carbocycles. The lowest BCUT2D eigenvalue weighted by molar-refractivity contribution is -0.157. The minimum absolute atomic E-state index is 0.0284. The molecule has 1 N–H and O–H groups in total. The predicted octanol–water partition coefficient (Wildman–Crippen LogP) is 4.78. The van der Waals surface area contributed by atoms with Crippen LogP contribution in [0.5, 0.6) is 0 Å². The first-order chi connectivity index (χ1) is 8.95. The highest BCUT2D eigenvalue weighted by Crippen LogP contribution is 2.66. The molecule has 4 unspecified atom stereocenters. The quantitative estimate of drug-likeness (QED) is 0.757. The molecule has 4 atom stereocenters. The highest BCUT2D eigenvalue weighted by molar-refractivity contribution is 5.08. The lowest BCUT2D eigenvalue weighted by Crippen LogP contribution is -2.55. The molecule has 4 fully saturated rings. The van der Waals surface area contributed by atoms with Crippen molar-refractivity contribution in [3.8, 4) is 0 Å². The lowest BCUT2D eigenvalue weighted by Gasteiger charge is -2.63. The molecule has 4 aliphatic rings. The first kappa shape index (κ1) is 13.9. The largest absolute Gasteiger partial charge is 0.393 e. The maximum absolute atomic E-state index is 10.9. The fraction of sp³-hybridized carbons (Fsp3) is 1.00. The second-order valence-electron chi connectivity index (χ2n) is 8.78. The molecule has 0 radical (unpaired) electrons. The van der Waals surface area contributed by atoms with E-state index in [1.54, 1.807) is 0 Å². The van der Waals surface area contributed by atoms with Gasteiger partial charge in [-0.3, -0.25) is 0 Å². The number of aliphatic hydroxyl groups is 1. The molecule has 0 saturated heterocycles. The van der Waals surface area contributed by atoms with Gasteiger partial charge < -0.3 is 5.11 Å². The van der Waals surface area contributed by atoms with Crippen LogP contribution in [0.2, 0.25) is 0 Å². The van der Waals surface area contributed by atoms with Gasteiger partial charge in [0.15, 0.2) is 0 Å². The molecule has 1 nitrogen and oxygen atoms in total. The van der Waals surface area contributed by atoms with Gasteiger partial charge in [0.2, 0.25) is 0 Å². The Bertz CT molecular complexity index is 321. The van der Waals surface area contributed by atoms with Crippen LogP contribution in [0.3, 0.4) is 0 Å². The zero-order valence-corrected chi connectivity index (χ0v) is 13.1. The molecule has 0 aromatic carbocycles. The smallest absolute Gasteiger partial charge is 0.0599 e. The van der Waals surface area contributed by atoms with E-state index in [4.69, 9.17) is 0 Å². The van der Waals surface area contributed by atoms with Crippen LogP contribution >= 0.6 is 0 Å². The average Bonchev–Trinajstić information content (AvgIpc) is 2.25. The molecule has 1 heteroatoms. The standard InChI is InChI=1S/C18H32O/c1-4-5-13(2)6-16(19)18-10-14-7-15(11-18)9-17(3,8-14)12-18/h13-16,19H,4-12H2,1-3H3. The van der Waals surface area contributed by atoms with Gasteiger partial charge in [0.1, 0.15) is 0 Å². The Kier molecular flexibility index (Phi) is 3.48. The molecule has 4 rings (SSSR count). The van der Waals surface area contributed by atoms with Crippen LogP contribution in [0.4, 0.5) is 0 Å². The third-order valence-corrected chi connectivity index (χ3v) is 6.51. The van der Waals surface area contributed by atoms with Gasteiger partial charge >= 0.3 is 0 Å². The van der Waals surface area contributed by atoms with Gasteiger partial charge in [0, 0.05) is 0 Å². The second-order valence-corrected chi connectivity index (χ2v) is 8.78. The maximum atomic E-state index is 10.9. The van der Waals surface area contributed by atoms with Crippen LogP contribution in [0.25, 0.3) is 0 Å². The van der Waals surface area contributed by atoms with E-state index in [1.807, 2.05) is 0 Å². The monoisotopic (exact) mass is 264 g/mol. The van der Waals surface area contributed by atoms with Gasteiger partial charge in [-0.05, 0) is 73.5 Å². The van der Waals surface area contributed by atoms with Gasteiger partial charge in [-0.1, -0.05) is 33.6 Å². The van der Waals surface area contributed by atoms with E-state index in [9.17, 15) is 5.11 Å². The highest BCUT2D eigenvalue weighted by Gasteiger charge is 2.58. The van der Waals surface area contributed by atoms with Crippen molar-refractivity contribution in [2.75, 3.05) is 0 Å². The molecule has 4 aliphatic carbocycles. The Labute approximate surface area is 119 Å². The Morgan fingerprint density at radius 3 is 2.32 bits per heavy atom. The van der Waals surface area contributed by atoms with Crippen molar-refractivity contribution in [3.63, 3.8) is 0 Å². The molecule has 0 aliphatic heterocycles. The zero-order valence-electron chi connectivity index (χ0n) is 13.1. The molecule has 4 bridgehead atoms. The van der Waals surface area contributed by atoms with Crippen LogP contribution < -0.4 is 0 Å². The van der Waals surface area contributed by atoms with E-state index >= 15 is 0 Å². The summed E-state index contributed by atoms with van der Waals surface area (Å²) in [5.41, 5.74) is 0.875. The Hall–Kier alpha value is -0.0400. The summed E-state index contributed by atoms with van der Waals surface area (Å²) in [6, 6.07) is 0. The van der Waals surface area contributed by atoms with Crippen molar-refractivity contribution < 1.29 is 5.11 Å². The fourth-order valence-corrected chi connectivity index (χ4v) is 6.43. The lowest BCUT2D eigenvalue weighted by atomic mass is 9.43. The molecule has 19 heavy (non-hydrogen) atoms. The minimum atomic E-state index is -0.0284. The third-order valence-electron chi connectivity index (χ3n) is 6.51. The van der Waals surface area contributed by atoms with Gasteiger partial charge in [0.25, 0.3) is 0 Å². The Morgan fingerprint density at radius 1 is 1.16 bits per heavy atom. The van der Waals surface area contributed by atoms with Crippen molar-refractivity contribution in [1.29, 1.82) is 0 Å². The molecule has 0 heterocycles. The van der Waals surface area contributed by atoms with Crippen LogP contribution in [0.1, 0.15) is 78.6 Å². The van der Waals surface area contributed by atoms with Crippen LogP contribution in [0, 0.1) is 28.6 Å². The Morgan fingerprint density at radius 2 is 1.79 bits per heavy atom. The zero-order chi connectivity index (χ0) is 13.7. The summed E-state index contributed by atoms with van der Waals surface area (Å²) in [5.74, 6) is 2.56. The van der Waals surface area contributed by atoms with E-state index in [2.05, 4.69) is 20.8 Å². The van der Waals surface area contributed by atoms with Crippen molar-refractivity contribution in [1.82, 2.24) is 0 Å². The summed E-state index contributed by atoms with van der Waals surface area (Å²) in [6.45, 7) is 7.09. The number of aliphatic hydroxyl groups excluding tert-OH is 1. The average molecular weight is 264 g/mol. The van der Waals surface area contributed by atoms with Gasteiger partial charge in [-0.15, -0.1) is 0 Å². The summed E-state index contributed by atoms with van der Waals surface area (Å²) in [4.78, 5) is 0. The Balaban J connectivity index is 1.72. The van der Waals surface area contributed by atoms with E-state index < -0.39 is 0 Å². The number of hydrogen-bond donors (Lipinski definition) is 1. The predicted molar refractivity (Wildman–Crippen MR) is 79.9 cm³/mol. The van der Waals surface area contributed by atoms with Crippen molar-refractivity contribution in [2.45, 2.75) is 84.7 Å². The van der Waals surface area contributed by atoms with Crippen molar-refractivity contribution in [2.24, 2.45) is 28.6 Å². The molecule has 0 aromatic heterocycles. The summed E-state index contributed by atoms with van der Waals surface area (Å²) >= 11 is 0. The normalized spacial score (nSPS) is 47.4. The number of hydrogen-bond acceptors (Lipinski definition) is 1. The second kappa shape index (κ2) is 4.76. The molecular weight excluding hydrogens is 232 g/mol. The van der Waals surface area contributed by atoms with Gasteiger partial charge in [-0.2, -0.15) is 0 Å². The van der Waals surface area contributed by atoms with Crippen LogP contribution in [0.15, 0.2) is 0 Å². The molecule has 0 spiro atoms. The summed E-state index contributed by atoms with van der Waals surface area (Å²) in [5, 5.41) is 10.9. The topological polar surface area (TPSA) is 20.2 Å². The first-order valence-electron chi connectivity index (χ1n) is 8.63. The summed E-state index contributed by atoms with van der Waals surface area (Å²) < 4.78 is 0. The van der Waals surface area contributed by atoms with Gasteiger partial charge in [0.05, 0.1) is 6.10 Å². The minimum Gasteiger partial charge on any atom is -0.393 e. The molecule has 0 aromatic rings. The van der Waals surface area contributed by atoms with Crippen molar-refractivity contribution in [3.05, 3.63) is 0 Å². The van der Waals surface area contributed by atoms with E-state index in [0.29, 0.717) is 16.7 Å². The van der Waals surface area contributed by atoms with Crippen molar-refractivity contribution >= 4 is 0 Å². The summed E-state index contributed by atoms with van der Waals surface area (Å²) in [7, 11) is 0. The number of rotatable bonds is 5. The third kappa shape index (κ3) is 2.48. The van der Waals surface area contributed by atoms with E-state index in [1.165, 1.54) is 51.4 Å². The molecular formula is C18H32O. The first-order valence-corrected chi connectivity index (χ1v) is 8.63. The SMILES string of the molecule is CCCC(C)CC(O)C12CC3CC(CC(C)(C3)C1)C2.